The van der Waals surface area contributed by atoms with Crippen molar-refractivity contribution in [1.29, 1.82) is 0 Å². The first-order chi connectivity index (χ1) is 11.2. The van der Waals surface area contributed by atoms with Crippen LogP contribution in [0.3, 0.4) is 0 Å². The predicted molar refractivity (Wildman–Crippen MR) is 91.5 cm³/mol. The normalized spacial score (nSPS) is 22.0. The number of rotatable bonds is 5. The summed E-state index contributed by atoms with van der Waals surface area (Å²) in [6.07, 6.45) is 13.0. The largest absolute Gasteiger partial charge is 0.381 e. The van der Waals surface area contributed by atoms with Crippen LogP contribution in [0.4, 0.5) is 0 Å². The molecule has 2 aliphatic rings. The molecule has 126 valence electrons. The Hall–Kier alpha value is -1.22. The summed E-state index contributed by atoms with van der Waals surface area (Å²) in [4.78, 5) is 16.9. The number of ketones is 1. The van der Waals surface area contributed by atoms with E-state index in [-0.39, 0.29) is 5.78 Å². The molecule has 2 fully saturated rings. The molecule has 3 heteroatoms. The molecule has 1 aliphatic heterocycles. The maximum atomic E-state index is 12.2. The van der Waals surface area contributed by atoms with Gasteiger partial charge in [0.25, 0.3) is 0 Å². The van der Waals surface area contributed by atoms with Gasteiger partial charge in [-0.3, -0.25) is 9.78 Å². The number of ether oxygens (including phenoxy) is 1. The molecule has 2 heterocycles. The van der Waals surface area contributed by atoms with Crippen LogP contribution in [0.15, 0.2) is 18.3 Å². The van der Waals surface area contributed by atoms with Crippen molar-refractivity contribution in [3.8, 4) is 0 Å². The maximum Gasteiger partial charge on any atom is 0.142 e. The van der Waals surface area contributed by atoms with Crippen molar-refractivity contribution in [3.05, 3.63) is 29.6 Å². The van der Waals surface area contributed by atoms with Crippen molar-refractivity contribution in [2.45, 2.75) is 70.1 Å². The lowest BCUT2D eigenvalue weighted by Gasteiger charge is -2.34. The van der Waals surface area contributed by atoms with Gasteiger partial charge in [0, 0.05) is 19.4 Å². The van der Waals surface area contributed by atoms with Gasteiger partial charge < -0.3 is 4.74 Å². The predicted octanol–water partition coefficient (Wildman–Crippen LogP) is 4.23. The summed E-state index contributed by atoms with van der Waals surface area (Å²) in [5.74, 6) is 1.13. The van der Waals surface area contributed by atoms with Crippen LogP contribution in [0.1, 0.15) is 69.5 Å². The lowest BCUT2D eigenvalue weighted by Crippen LogP contribution is -2.40. The van der Waals surface area contributed by atoms with Crippen LogP contribution < -0.4 is 0 Å². The van der Waals surface area contributed by atoms with Crippen LogP contribution in [-0.2, 0) is 21.4 Å². The molecule has 1 saturated carbocycles. The molecule has 0 bridgehead atoms. The van der Waals surface area contributed by atoms with Crippen molar-refractivity contribution >= 4 is 5.78 Å². The molecule has 0 radical (unpaired) electrons. The van der Waals surface area contributed by atoms with E-state index < -0.39 is 5.41 Å². The van der Waals surface area contributed by atoms with E-state index in [2.05, 4.69) is 17.1 Å². The summed E-state index contributed by atoms with van der Waals surface area (Å²) in [6.45, 7) is 3.01. The maximum absolute atomic E-state index is 12.2. The second-order valence-electron chi connectivity index (χ2n) is 7.35. The lowest BCUT2D eigenvalue weighted by atomic mass is 9.74. The molecule has 1 aliphatic carbocycles. The van der Waals surface area contributed by atoms with E-state index in [0.717, 1.165) is 30.9 Å². The van der Waals surface area contributed by atoms with Crippen LogP contribution in [0.2, 0.25) is 0 Å². The van der Waals surface area contributed by atoms with Crippen molar-refractivity contribution < 1.29 is 9.53 Å². The van der Waals surface area contributed by atoms with Gasteiger partial charge in [-0.15, -0.1) is 0 Å². The monoisotopic (exact) mass is 315 g/mol. The minimum Gasteiger partial charge on any atom is -0.381 e. The van der Waals surface area contributed by atoms with Gasteiger partial charge in [0.05, 0.1) is 11.1 Å². The Morgan fingerprint density at radius 3 is 2.57 bits per heavy atom. The fourth-order valence-corrected chi connectivity index (χ4v) is 4.21. The van der Waals surface area contributed by atoms with E-state index in [4.69, 9.17) is 4.74 Å². The molecule has 0 spiro atoms. The molecule has 0 aromatic carbocycles. The van der Waals surface area contributed by atoms with Crippen LogP contribution in [0.25, 0.3) is 0 Å². The highest BCUT2D eigenvalue weighted by Gasteiger charge is 2.40. The average molecular weight is 315 g/mol. The topological polar surface area (TPSA) is 39.2 Å². The number of aromatic nitrogens is 1. The number of carbonyl (C=O) groups excluding carboxylic acids is 1. The molecule has 0 N–H and O–H groups in total. The zero-order valence-electron chi connectivity index (χ0n) is 14.4. The molecule has 3 rings (SSSR count). The Bertz CT molecular complexity index is 511. The Kier molecular flexibility index (Phi) is 5.47. The van der Waals surface area contributed by atoms with Gasteiger partial charge in [-0.2, -0.15) is 0 Å². The number of pyridine rings is 1. The van der Waals surface area contributed by atoms with Gasteiger partial charge in [0.2, 0.25) is 0 Å². The van der Waals surface area contributed by atoms with Crippen molar-refractivity contribution in [1.82, 2.24) is 4.98 Å². The van der Waals surface area contributed by atoms with Crippen LogP contribution in [-0.4, -0.2) is 24.0 Å². The molecule has 0 atom stereocenters. The summed E-state index contributed by atoms with van der Waals surface area (Å²) < 4.78 is 5.45. The lowest BCUT2D eigenvalue weighted by molar-refractivity contribution is -0.126. The number of aryl methyl sites for hydroxylation is 1. The van der Waals surface area contributed by atoms with Gasteiger partial charge in [0.1, 0.15) is 5.78 Å². The summed E-state index contributed by atoms with van der Waals surface area (Å²) in [6, 6.07) is 4.27. The van der Waals surface area contributed by atoms with Gasteiger partial charge in [-0.25, -0.2) is 0 Å². The second kappa shape index (κ2) is 7.57. The minimum atomic E-state index is -0.417. The molecule has 0 unspecified atom stereocenters. The van der Waals surface area contributed by atoms with Gasteiger partial charge in [-0.1, -0.05) is 38.2 Å². The van der Waals surface area contributed by atoms with Gasteiger partial charge in [-0.05, 0) is 50.2 Å². The summed E-state index contributed by atoms with van der Waals surface area (Å²) in [7, 11) is 0. The first-order valence-corrected chi connectivity index (χ1v) is 9.25. The minimum absolute atomic E-state index is 0.225. The Balaban J connectivity index is 1.64. The van der Waals surface area contributed by atoms with E-state index in [0.29, 0.717) is 13.2 Å². The van der Waals surface area contributed by atoms with Crippen molar-refractivity contribution in [2.75, 3.05) is 13.2 Å². The number of nitrogens with zero attached hydrogens (tertiary/aromatic N) is 1. The highest BCUT2D eigenvalue weighted by atomic mass is 16.5. The highest BCUT2D eigenvalue weighted by molar-refractivity contribution is 5.87. The fourth-order valence-electron chi connectivity index (χ4n) is 4.21. The Labute approximate surface area is 139 Å². The number of hydrogen-bond donors (Lipinski definition) is 0. The zero-order chi connectivity index (χ0) is 16.1. The molecule has 1 aromatic rings. The van der Waals surface area contributed by atoms with Crippen molar-refractivity contribution in [2.24, 2.45) is 5.92 Å². The molecule has 1 saturated heterocycles. The quantitative estimate of drug-likeness (QED) is 0.816. The first kappa shape index (κ1) is 16.6. The summed E-state index contributed by atoms with van der Waals surface area (Å²) in [5.41, 5.74) is 1.83. The number of Topliss-reactive ketones (excluding diaryl/α,β-unsaturated/α-hetero) is 1. The average Bonchev–Trinajstić information content (AvgIpc) is 2.62. The molecule has 3 nitrogen and oxygen atoms in total. The smallest absolute Gasteiger partial charge is 0.142 e. The summed E-state index contributed by atoms with van der Waals surface area (Å²) in [5, 5.41) is 0. The third-order valence-corrected chi connectivity index (χ3v) is 5.90. The van der Waals surface area contributed by atoms with E-state index in [1.165, 1.54) is 44.1 Å². The fraction of sp³-hybridized carbons (Fsp3) is 0.700. The number of carbonyl (C=O) groups is 1. The van der Waals surface area contributed by atoms with E-state index in [9.17, 15) is 4.79 Å². The third-order valence-electron chi connectivity index (χ3n) is 5.90. The summed E-state index contributed by atoms with van der Waals surface area (Å²) >= 11 is 0. The van der Waals surface area contributed by atoms with E-state index in [1.54, 1.807) is 6.92 Å². The Morgan fingerprint density at radius 1 is 1.22 bits per heavy atom. The van der Waals surface area contributed by atoms with E-state index >= 15 is 0 Å². The number of hydrogen-bond acceptors (Lipinski definition) is 3. The first-order valence-electron chi connectivity index (χ1n) is 9.25. The zero-order valence-corrected chi connectivity index (χ0v) is 14.4. The van der Waals surface area contributed by atoms with Crippen LogP contribution in [0, 0.1) is 5.92 Å². The Morgan fingerprint density at radius 2 is 1.96 bits per heavy atom. The van der Waals surface area contributed by atoms with Crippen LogP contribution in [0.5, 0.6) is 0 Å². The standard InChI is InChI=1S/C20H29NO2/c1-16(22)20(11-13-23-14-12-20)19-10-9-18(15-21-19)8-7-17-5-3-2-4-6-17/h9-10,15,17H,2-8,11-14H2,1H3. The SMILES string of the molecule is CC(=O)C1(c2ccc(CCC3CCCCC3)cn2)CCOCC1. The molecular weight excluding hydrogens is 286 g/mol. The highest BCUT2D eigenvalue weighted by Crippen LogP contribution is 2.35. The molecule has 0 amide bonds. The van der Waals surface area contributed by atoms with Crippen molar-refractivity contribution in [3.63, 3.8) is 0 Å². The van der Waals surface area contributed by atoms with Gasteiger partial charge >= 0.3 is 0 Å². The molecule has 23 heavy (non-hydrogen) atoms. The third kappa shape index (κ3) is 3.82. The van der Waals surface area contributed by atoms with Crippen LogP contribution >= 0.6 is 0 Å². The molecular formula is C20H29NO2. The second-order valence-corrected chi connectivity index (χ2v) is 7.35. The van der Waals surface area contributed by atoms with E-state index in [1.807, 2.05) is 6.20 Å². The molecule has 1 aromatic heterocycles. The van der Waals surface area contributed by atoms with Gasteiger partial charge in [0.15, 0.2) is 0 Å².